The molecule has 5 nitrogen and oxygen atoms in total. The van der Waals surface area contributed by atoms with E-state index in [0.717, 1.165) is 25.1 Å². The summed E-state index contributed by atoms with van der Waals surface area (Å²) in [6.07, 6.45) is 6.59. The van der Waals surface area contributed by atoms with Gasteiger partial charge >= 0.3 is 0 Å². The number of ether oxygens (including phenoxy) is 1. The standard InChI is InChI=1S/C20H28ClN3O2/c1-2-3-4-16-18(12-5-8-24(16)9-6-12)23-20(25)14-11-15(21)17(22)13-7-10-26-19(13)14/h11-12,16,18H,2-10,22H2,1H3,(H,23,25)/t16-,18?/m0/s1. The lowest BCUT2D eigenvalue weighted by Gasteiger charge is -2.51. The number of amides is 1. The molecule has 4 aliphatic rings. The summed E-state index contributed by atoms with van der Waals surface area (Å²) < 4.78 is 5.72. The highest BCUT2D eigenvalue weighted by atomic mass is 35.5. The van der Waals surface area contributed by atoms with Crippen molar-refractivity contribution in [3.05, 3.63) is 22.2 Å². The van der Waals surface area contributed by atoms with Crippen LogP contribution in [0.2, 0.25) is 5.02 Å². The van der Waals surface area contributed by atoms with Gasteiger partial charge in [0.2, 0.25) is 0 Å². The lowest BCUT2D eigenvalue weighted by molar-refractivity contribution is 0.00878. The van der Waals surface area contributed by atoms with Crippen molar-refractivity contribution in [1.29, 1.82) is 0 Å². The summed E-state index contributed by atoms with van der Waals surface area (Å²) in [7, 11) is 0. The lowest BCUT2D eigenvalue weighted by Crippen LogP contribution is -2.63. The largest absolute Gasteiger partial charge is 0.492 e. The topological polar surface area (TPSA) is 67.6 Å². The van der Waals surface area contributed by atoms with E-state index in [4.69, 9.17) is 22.1 Å². The van der Waals surface area contributed by atoms with Crippen LogP contribution in [0.3, 0.4) is 0 Å². The predicted molar refractivity (Wildman–Crippen MR) is 104 cm³/mol. The van der Waals surface area contributed by atoms with E-state index in [-0.39, 0.29) is 11.9 Å². The molecule has 0 spiro atoms. The third kappa shape index (κ3) is 3.05. The molecule has 26 heavy (non-hydrogen) atoms. The highest BCUT2D eigenvalue weighted by Crippen LogP contribution is 2.39. The Hall–Kier alpha value is -1.46. The van der Waals surface area contributed by atoms with Crippen molar-refractivity contribution < 1.29 is 9.53 Å². The Kier molecular flexibility index (Phi) is 5.02. The van der Waals surface area contributed by atoms with Crippen molar-refractivity contribution in [3.63, 3.8) is 0 Å². The number of carbonyl (C=O) groups is 1. The number of anilines is 1. The molecule has 3 fully saturated rings. The summed E-state index contributed by atoms with van der Waals surface area (Å²) in [5, 5.41) is 3.78. The lowest BCUT2D eigenvalue weighted by atomic mass is 9.77. The van der Waals surface area contributed by atoms with Crippen LogP contribution in [0.15, 0.2) is 6.07 Å². The number of carbonyl (C=O) groups excluding carboxylic acids is 1. The first-order valence-corrected chi connectivity index (χ1v) is 10.3. The molecule has 3 N–H and O–H groups in total. The van der Waals surface area contributed by atoms with Crippen LogP contribution in [-0.2, 0) is 6.42 Å². The number of nitrogens with two attached hydrogens (primary N) is 1. The molecular weight excluding hydrogens is 350 g/mol. The van der Waals surface area contributed by atoms with E-state index < -0.39 is 0 Å². The van der Waals surface area contributed by atoms with Gasteiger partial charge in [-0.2, -0.15) is 0 Å². The highest BCUT2D eigenvalue weighted by Gasteiger charge is 2.42. The van der Waals surface area contributed by atoms with E-state index in [1.54, 1.807) is 6.07 Å². The number of nitrogen functional groups attached to an aromatic ring is 1. The van der Waals surface area contributed by atoms with Crippen molar-refractivity contribution in [1.82, 2.24) is 10.2 Å². The van der Waals surface area contributed by atoms with Gasteiger partial charge in [-0.3, -0.25) is 9.69 Å². The second-order valence-electron chi connectivity index (χ2n) is 7.81. The summed E-state index contributed by atoms with van der Waals surface area (Å²) >= 11 is 6.28. The first kappa shape index (κ1) is 17.9. The molecule has 1 unspecified atom stereocenters. The normalized spacial score (nSPS) is 29.3. The predicted octanol–water partition coefficient (Wildman–Crippen LogP) is 3.24. The van der Waals surface area contributed by atoms with E-state index in [9.17, 15) is 4.79 Å². The summed E-state index contributed by atoms with van der Waals surface area (Å²) in [6.45, 7) is 5.11. The third-order valence-corrected chi connectivity index (χ3v) is 6.64. The van der Waals surface area contributed by atoms with Gasteiger partial charge in [0.15, 0.2) is 0 Å². The van der Waals surface area contributed by atoms with Crippen LogP contribution < -0.4 is 15.8 Å². The van der Waals surface area contributed by atoms with Crippen LogP contribution in [0, 0.1) is 5.92 Å². The number of hydrogen-bond donors (Lipinski definition) is 2. The number of hydrogen-bond acceptors (Lipinski definition) is 4. The highest BCUT2D eigenvalue weighted by molar-refractivity contribution is 6.33. The molecule has 0 aliphatic carbocycles. The van der Waals surface area contributed by atoms with Gasteiger partial charge in [0.05, 0.1) is 22.9 Å². The fourth-order valence-corrected chi connectivity index (χ4v) is 5.13. The molecule has 6 heteroatoms. The number of nitrogens with zero attached hydrogens (tertiary/aromatic N) is 1. The number of piperidine rings is 3. The van der Waals surface area contributed by atoms with Crippen LogP contribution in [0.5, 0.6) is 5.75 Å². The molecule has 2 bridgehead atoms. The zero-order chi connectivity index (χ0) is 18.3. The second kappa shape index (κ2) is 7.28. The molecule has 2 atom stereocenters. The Labute approximate surface area is 160 Å². The average Bonchev–Trinajstić information content (AvgIpc) is 3.14. The molecule has 0 aromatic heterocycles. The minimum Gasteiger partial charge on any atom is -0.492 e. The maximum atomic E-state index is 13.1. The van der Waals surface area contributed by atoms with Crippen LogP contribution in [0.4, 0.5) is 5.69 Å². The molecule has 1 aromatic carbocycles. The third-order valence-electron chi connectivity index (χ3n) is 6.33. The fraction of sp³-hybridized carbons (Fsp3) is 0.650. The molecule has 0 radical (unpaired) electrons. The zero-order valence-electron chi connectivity index (χ0n) is 15.4. The average molecular weight is 378 g/mol. The van der Waals surface area contributed by atoms with Gasteiger partial charge in [-0.05, 0) is 44.3 Å². The summed E-state index contributed by atoms with van der Waals surface area (Å²) in [6, 6.07) is 2.33. The van der Waals surface area contributed by atoms with Crippen molar-refractivity contribution in [2.45, 2.75) is 57.5 Å². The van der Waals surface area contributed by atoms with Gasteiger partial charge in [0, 0.05) is 24.1 Å². The smallest absolute Gasteiger partial charge is 0.255 e. The van der Waals surface area contributed by atoms with Crippen LogP contribution >= 0.6 is 11.6 Å². The number of benzene rings is 1. The van der Waals surface area contributed by atoms with Crippen LogP contribution in [0.1, 0.15) is 54.9 Å². The molecule has 3 saturated heterocycles. The van der Waals surface area contributed by atoms with Gasteiger partial charge in [-0.15, -0.1) is 0 Å². The first-order valence-electron chi connectivity index (χ1n) is 9.88. The Morgan fingerprint density at radius 2 is 2.19 bits per heavy atom. The Bertz CT molecular complexity index is 701. The SMILES string of the molecule is CCCC[C@H]1C(NC(=O)c2cc(Cl)c(N)c3c2OCC3)C2CCN1CC2. The maximum Gasteiger partial charge on any atom is 0.255 e. The van der Waals surface area contributed by atoms with E-state index in [1.165, 1.54) is 25.7 Å². The molecule has 1 aromatic rings. The second-order valence-corrected chi connectivity index (χ2v) is 8.22. The monoisotopic (exact) mass is 377 g/mol. The molecule has 4 aliphatic heterocycles. The van der Waals surface area contributed by atoms with E-state index >= 15 is 0 Å². The first-order chi connectivity index (χ1) is 12.6. The van der Waals surface area contributed by atoms with Crippen molar-refractivity contribution in [3.8, 4) is 5.75 Å². The van der Waals surface area contributed by atoms with Gasteiger partial charge in [0.25, 0.3) is 5.91 Å². The van der Waals surface area contributed by atoms with E-state index in [2.05, 4.69) is 17.1 Å². The summed E-state index contributed by atoms with van der Waals surface area (Å²) in [5.74, 6) is 1.12. The van der Waals surface area contributed by atoms with Gasteiger partial charge in [-0.1, -0.05) is 31.4 Å². The van der Waals surface area contributed by atoms with Crippen molar-refractivity contribution >= 4 is 23.2 Å². The molecule has 4 heterocycles. The Morgan fingerprint density at radius 1 is 1.42 bits per heavy atom. The molecule has 0 saturated carbocycles. The Morgan fingerprint density at radius 3 is 2.92 bits per heavy atom. The number of nitrogens with one attached hydrogen (secondary N) is 1. The Balaban J connectivity index is 1.58. The molecular formula is C20H28ClN3O2. The number of unbranched alkanes of at least 4 members (excludes halogenated alkanes) is 1. The van der Waals surface area contributed by atoms with Gasteiger partial charge < -0.3 is 15.8 Å². The van der Waals surface area contributed by atoms with E-state index in [0.29, 0.717) is 47.0 Å². The van der Waals surface area contributed by atoms with Crippen LogP contribution in [-0.4, -0.2) is 42.6 Å². The van der Waals surface area contributed by atoms with Crippen molar-refractivity contribution in [2.75, 3.05) is 25.4 Å². The maximum absolute atomic E-state index is 13.1. The summed E-state index contributed by atoms with van der Waals surface area (Å²) in [4.78, 5) is 15.7. The molecule has 5 rings (SSSR count). The van der Waals surface area contributed by atoms with E-state index in [1.807, 2.05) is 0 Å². The van der Waals surface area contributed by atoms with Crippen molar-refractivity contribution in [2.24, 2.45) is 5.92 Å². The molecule has 1 amide bonds. The molecule has 142 valence electrons. The quantitative estimate of drug-likeness (QED) is 0.773. The summed E-state index contributed by atoms with van der Waals surface area (Å²) in [5.41, 5.74) is 8.01. The van der Waals surface area contributed by atoms with Gasteiger partial charge in [0.1, 0.15) is 5.75 Å². The number of fused-ring (bicyclic) bond motifs is 4. The van der Waals surface area contributed by atoms with Gasteiger partial charge in [-0.25, -0.2) is 0 Å². The number of rotatable bonds is 5. The minimum atomic E-state index is -0.0784. The fourth-order valence-electron chi connectivity index (χ4n) is 4.91. The number of halogens is 1. The van der Waals surface area contributed by atoms with Crippen LogP contribution in [0.25, 0.3) is 0 Å². The minimum absolute atomic E-state index is 0.0784. The zero-order valence-corrected chi connectivity index (χ0v) is 16.1.